The van der Waals surface area contributed by atoms with Gasteiger partial charge in [0.25, 0.3) is 0 Å². The average Bonchev–Trinajstić information content (AvgIpc) is 2.03. The molecule has 0 aliphatic heterocycles. The standard InChI is InChI=1S/C10H10FN/c1-4-8-6-9(11)5-7(2)10(8)12-3/h4-6H,1,3H2,2H3. The zero-order valence-electron chi connectivity index (χ0n) is 6.97. The summed E-state index contributed by atoms with van der Waals surface area (Å²) in [4.78, 5) is 3.79. The molecule has 0 spiro atoms. The van der Waals surface area contributed by atoms with Gasteiger partial charge in [-0.3, -0.25) is 4.99 Å². The maximum atomic E-state index is 12.8. The van der Waals surface area contributed by atoms with Gasteiger partial charge in [0.2, 0.25) is 0 Å². The van der Waals surface area contributed by atoms with Crippen LogP contribution in [-0.2, 0) is 0 Å². The normalized spacial score (nSPS) is 9.50. The topological polar surface area (TPSA) is 12.4 Å². The van der Waals surface area contributed by atoms with Crippen LogP contribution in [0.25, 0.3) is 6.08 Å². The molecule has 0 bridgehead atoms. The number of hydrogen-bond acceptors (Lipinski definition) is 1. The van der Waals surface area contributed by atoms with Gasteiger partial charge in [-0.15, -0.1) is 0 Å². The number of benzene rings is 1. The molecular formula is C10H10FN. The molecule has 0 saturated heterocycles. The highest BCUT2D eigenvalue weighted by Crippen LogP contribution is 2.25. The van der Waals surface area contributed by atoms with Crippen LogP contribution in [0.3, 0.4) is 0 Å². The average molecular weight is 163 g/mol. The van der Waals surface area contributed by atoms with Crippen molar-refractivity contribution in [1.82, 2.24) is 0 Å². The zero-order valence-corrected chi connectivity index (χ0v) is 6.97. The van der Waals surface area contributed by atoms with Crippen molar-refractivity contribution in [3.63, 3.8) is 0 Å². The van der Waals surface area contributed by atoms with Crippen LogP contribution in [0.2, 0.25) is 0 Å². The summed E-state index contributed by atoms with van der Waals surface area (Å²) in [5.41, 5.74) is 2.16. The molecule has 0 unspecified atom stereocenters. The van der Waals surface area contributed by atoms with E-state index in [1.807, 2.05) is 0 Å². The van der Waals surface area contributed by atoms with Gasteiger partial charge in [-0.2, -0.15) is 0 Å². The van der Waals surface area contributed by atoms with Crippen LogP contribution < -0.4 is 0 Å². The highest BCUT2D eigenvalue weighted by Gasteiger charge is 2.03. The minimum atomic E-state index is -0.269. The van der Waals surface area contributed by atoms with Gasteiger partial charge in [-0.25, -0.2) is 4.39 Å². The van der Waals surface area contributed by atoms with Crippen LogP contribution in [0, 0.1) is 12.7 Å². The monoisotopic (exact) mass is 163 g/mol. The van der Waals surface area contributed by atoms with E-state index in [0.717, 1.165) is 5.56 Å². The van der Waals surface area contributed by atoms with E-state index in [4.69, 9.17) is 0 Å². The Kier molecular flexibility index (Phi) is 2.38. The lowest BCUT2D eigenvalue weighted by atomic mass is 10.1. The van der Waals surface area contributed by atoms with Crippen molar-refractivity contribution in [1.29, 1.82) is 0 Å². The van der Waals surface area contributed by atoms with Gasteiger partial charge >= 0.3 is 0 Å². The molecule has 1 aromatic carbocycles. The van der Waals surface area contributed by atoms with Gasteiger partial charge in [0.15, 0.2) is 0 Å². The summed E-state index contributed by atoms with van der Waals surface area (Å²) in [6, 6.07) is 2.82. The van der Waals surface area contributed by atoms with Crippen molar-refractivity contribution in [3.8, 4) is 0 Å². The van der Waals surface area contributed by atoms with E-state index in [2.05, 4.69) is 18.3 Å². The third kappa shape index (κ3) is 1.42. The summed E-state index contributed by atoms with van der Waals surface area (Å²) in [5.74, 6) is -0.269. The van der Waals surface area contributed by atoms with Gasteiger partial charge in [-0.1, -0.05) is 12.7 Å². The molecule has 0 fully saturated rings. The molecule has 1 aromatic rings. The minimum absolute atomic E-state index is 0.269. The molecule has 0 saturated carbocycles. The van der Waals surface area contributed by atoms with E-state index in [0.29, 0.717) is 11.3 Å². The number of halogens is 1. The summed E-state index contributed by atoms with van der Waals surface area (Å²) in [6.45, 7) is 8.77. The third-order valence-corrected chi connectivity index (χ3v) is 1.67. The van der Waals surface area contributed by atoms with Crippen LogP contribution in [0.5, 0.6) is 0 Å². The number of nitrogens with zero attached hydrogens (tertiary/aromatic N) is 1. The Morgan fingerprint density at radius 1 is 1.50 bits per heavy atom. The maximum absolute atomic E-state index is 12.8. The fraction of sp³-hybridized carbons (Fsp3) is 0.100. The second kappa shape index (κ2) is 3.30. The molecular weight excluding hydrogens is 153 g/mol. The second-order valence-electron chi connectivity index (χ2n) is 2.52. The molecule has 0 heterocycles. The summed E-state index contributed by atoms with van der Waals surface area (Å²) in [6.07, 6.45) is 1.57. The van der Waals surface area contributed by atoms with E-state index in [-0.39, 0.29) is 5.82 Å². The van der Waals surface area contributed by atoms with Crippen molar-refractivity contribution < 1.29 is 4.39 Å². The molecule has 0 atom stereocenters. The fourth-order valence-corrected chi connectivity index (χ4v) is 1.13. The summed E-state index contributed by atoms with van der Waals surface area (Å²) < 4.78 is 12.8. The smallest absolute Gasteiger partial charge is 0.124 e. The molecule has 1 nitrogen and oxygen atoms in total. The first-order valence-electron chi connectivity index (χ1n) is 3.58. The van der Waals surface area contributed by atoms with E-state index in [9.17, 15) is 4.39 Å². The number of aryl methyl sites for hydroxylation is 1. The summed E-state index contributed by atoms with van der Waals surface area (Å²) >= 11 is 0. The minimum Gasteiger partial charge on any atom is -0.264 e. The molecule has 12 heavy (non-hydrogen) atoms. The van der Waals surface area contributed by atoms with Crippen LogP contribution >= 0.6 is 0 Å². The van der Waals surface area contributed by atoms with E-state index < -0.39 is 0 Å². The zero-order chi connectivity index (χ0) is 9.14. The fourth-order valence-electron chi connectivity index (χ4n) is 1.13. The molecule has 0 aliphatic rings. The van der Waals surface area contributed by atoms with Crippen LogP contribution in [0.1, 0.15) is 11.1 Å². The first-order valence-corrected chi connectivity index (χ1v) is 3.58. The Hall–Kier alpha value is -1.44. The Morgan fingerprint density at radius 3 is 2.67 bits per heavy atom. The Labute approximate surface area is 71.3 Å². The lowest BCUT2D eigenvalue weighted by molar-refractivity contribution is 0.626. The first-order chi connectivity index (χ1) is 5.69. The number of aliphatic imine (C=N–C) groups is 1. The SMILES string of the molecule is C=Cc1cc(F)cc(C)c1N=C. The largest absolute Gasteiger partial charge is 0.264 e. The molecule has 1 rings (SSSR count). The number of rotatable bonds is 2. The first kappa shape index (κ1) is 8.65. The van der Waals surface area contributed by atoms with Gasteiger partial charge in [0.05, 0.1) is 5.69 Å². The highest BCUT2D eigenvalue weighted by atomic mass is 19.1. The maximum Gasteiger partial charge on any atom is 0.124 e. The Balaban J connectivity index is 3.43. The van der Waals surface area contributed by atoms with Gasteiger partial charge < -0.3 is 0 Å². The van der Waals surface area contributed by atoms with Crippen molar-refractivity contribution in [3.05, 3.63) is 35.7 Å². The number of hydrogen-bond donors (Lipinski definition) is 0. The Morgan fingerprint density at radius 2 is 2.17 bits per heavy atom. The quantitative estimate of drug-likeness (QED) is 0.594. The van der Waals surface area contributed by atoms with Crippen molar-refractivity contribution in [2.24, 2.45) is 4.99 Å². The summed E-state index contributed by atoms with van der Waals surface area (Å²) in [5, 5.41) is 0. The predicted octanol–water partition coefficient (Wildman–Crippen LogP) is 3.11. The van der Waals surface area contributed by atoms with Crippen LogP contribution in [0.4, 0.5) is 10.1 Å². The highest BCUT2D eigenvalue weighted by molar-refractivity contribution is 5.68. The Bertz CT molecular complexity index is 329. The lowest BCUT2D eigenvalue weighted by Gasteiger charge is -2.03. The second-order valence-corrected chi connectivity index (χ2v) is 2.52. The van der Waals surface area contributed by atoms with E-state index in [1.54, 1.807) is 13.0 Å². The predicted molar refractivity (Wildman–Crippen MR) is 50.4 cm³/mol. The lowest BCUT2D eigenvalue weighted by Crippen LogP contribution is -1.83. The van der Waals surface area contributed by atoms with E-state index >= 15 is 0 Å². The third-order valence-electron chi connectivity index (χ3n) is 1.67. The molecule has 62 valence electrons. The van der Waals surface area contributed by atoms with Gasteiger partial charge in [0, 0.05) is 5.56 Å². The molecule has 0 N–H and O–H groups in total. The molecule has 0 aromatic heterocycles. The molecule has 0 amide bonds. The van der Waals surface area contributed by atoms with Crippen LogP contribution in [0.15, 0.2) is 23.7 Å². The summed E-state index contributed by atoms with van der Waals surface area (Å²) in [7, 11) is 0. The van der Waals surface area contributed by atoms with Crippen molar-refractivity contribution in [2.45, 2.75) is 6.92 Å². The van der Waals surface area contributed by atoms with Gasteiger partial charge in [-0.05, 0) is 31.3 Å². The molecule has 0 radical (unpaired) electrons. The van der Waals surface area contributed by atoms with Crippen LogP contribution in [-0.4, -0.2) is 6.72 Å². The molecule has 2 heteroatoms. The van der Waals surface area contributed by atoms with Crippen molar-refractivity contribution in [2.75, 3.05) is 0 Å². The van der Waals surface area contributed by atoms with Gasteiger partial charge in [0.1, 0.15) is 5.82 Å². The van der Waals surface area contributed by atoms with E-state index in [1.165, 1.54) is 12.1 Å². The van der Waals surface area contributed by atoms with Crippen molar-refractivity contribution >= 4 is 18.5 Å². The molecule has 0 aliphatic carbocycles.